The van der Waals surface area contributed by atoms with Gasteiger partial charge in [0.25, 0.3) is 0 Å². The van der Waals surface area contributed by atoms with E-state index in [1.165, 1.54) is 0 Å². The molecule has 0 bridgehead atoms. The van der Waals surface area contributed by atoms with Gasteiger partial charge < -0.3 is 14.7 Å². The molecule has 0 aliphatic carbocycles. The molecular weight excluding hydrogens is 298 g/mol. The van der Waals surface area contributed by atoms with Crippen molar-refractivity contribution in [2.24, 2.45) is 5.92 Å². The fourth-order valence-corrected chi connectivity index (χ4v) is 2.43. The summed E-state index contributed by atoms with van der Waals surface area (Å²) in [5.74, 6) is 0.467. The number of carbonyl (C=O) groups is 2. The average molecular weight is 315 g/mol. The van der Waals surface area contributed by atoms with E-state index in [9.17, 15) is 9.59 Å². The van der Waals surface area contributed by atoms with Gasteiger partial charge in [-0.15, -0.1) is 0 Å². The number of amides is 2. The predicted octanol–water partition coefficient (Wildman–Crippen LogP) is 0.269. The minimum Gasteiger partial charge on any atom is -0.355 e. The Balaban J connectivity index is 1.49. The van der Waals surface area contributed by atoms with Crippen molar-refractivity contribution in [1.29, 1.82) is 0 Å². The van der Waals surface area contributed by atoms with E-state index in [0.29, 0.717) is 36.9 Å². The molecule has 1 fully saturated rings. The smallest absolute Gasteiger partial charge is 0.228 e. The molecule has 2 aromatic rings. The van der Waals surface area contributed by atoms with Crippen LogP contribution in [0.5, 0.6) is 0 Å². The summed E-state index contributed by atoms with van der Waals surface area (Å²) in [6.07, 6.45) is 2.36. The van der Waals surface area contributed by atoms with Crippen molar-refractivity contribution in [3.63, 3.8) is 0 Å². The maximum absolute atomic E-state index is 12.0. The maximum atomic E-state index is 12.0. The number of nitrogens with one attached hydrogen (secondary N) is 1. The highest BCUT2D eigenvalue weighted by atomic mass is 16.5. The van der Waals surface area contributed by atoms with Crippen LogP contribution in [-0.2, 0) is 16.0 Å². The molecule has 0 aromatic carbocycles. The van der Waals surface area contributed by atoms with Crippen molar-refractivity contribution in [2.45, 2.75) is 12.8 Å². The first-order valence-electron chi connectivity index (χ1n) is 7.39. The predicted molar refractivity (Wildman–Crippen MR) is 80.0 cm³/mol. The number of nitrogens with zero attached hydrogens (tertiary/aromatic N) is 4. The highest BCUT2D eigenvalue weighted by molar-refractivity contribution is 5.89. The first-order valence-corrected chi connectivity index (χ1v) is 7.39. The molecule has 120 valence electrons. The topological polar surface area (TPSA) is 101 Å². The van der Waals surface area contributed by atoms with Gasteiger partial charge in [0, 0.05) is 39.2 Å². The van der Waals surface area contributed by atoms with Crippen LogP contribution in [0.1, 0.15) is 12.3 Å². The Bertz CT molecular complexity index is 700. The second-order valence-electron chi connectivity index (χ2n) is 5.44. The molecule has 0 radical (unpaired) electrons. The van der Waals surface area contributed by atoms with Gasteiger partial charge >= 0.3 is 0 Å². The second-order valence-corrected chi connectivity index (χ2v) is 5.44. The Hall–Kier alpha value is -2.77. The molecule has 0 unspecified atom stereocenters. The number of carbonyl (C=O) groups excluding carboxylic acids is 2. The van der Waals surface area contributed by atoms with Gasteiger partial charge in [-0.05, 0) is 12.1 Å². The highest BCUT2D eigenvalue weighted by Crippen LogP contribution is 2.16. The lowest BCUT2D eigenvalue weighted by Crippen LogP contribution is -2.33. The van der Waals surface area contributed by atoms with E-state index in [4.69, 9.17) is 4.52 Å². The van der Waals surface area contributed by atoms with Crippen LogP contribution >= 0.6 is 0 Å². The minimum atomic E-state index is -0.278. The molecule has 8 nitrogen and oxygen atoms in total. The third-order valence-electron chi connectivity index (χ3n) is 3.71. The first-order chi connectivity index (χ1) is 11.1. The molecule has 1 aliphatic heterocycles. The summed E-state index contributed by atoms with van der Waals surface area (Å²) < 4.78 is 5.15. The van der Waals surface area contributed by atoms with Gasteiger partial charge in [0.2, 0.25) is 23.5 Å². The summed E-state index contributed by atoms with van der Waals surface area (Å²) in [6, 6.07) is 5.45. The summed E-state index contributed by atoms with van der Waals surface area (Å²) in [6.45, 7) is 0.853. The Morgan fingerprint density at radius 1 is 1.48 bits per heavy atom. The molecule has 0 saturated carbocycles. The fraction of sp³-hybridized carbons (Fsp3) is 0.400. The van der Waals surface area contributed by atoms with Crippen molar-refractivity contribution in [1.82, 2.24) is 25.3 Å². The van der Waals surface area contributed by atoms with Gasteiger partial charge in [-0.1, -0.05) is 11.2 Å². The summed E-state index contributed by atoms with van der Waals surface area (Å²) in [5.41, 5.74) is 0.638. The zero-order valence-corrected chi connectivity index (χ0v) is 12.7. The van der Waals surface area contributed by atoms with E-state index in [2.05, 4.69) is 20.4 Å². The van der Waals surface area contributed by atoms with E-state index in [1.54, 1.807) is 24.2 Å². The van der Waals surface area contributed by atoms with E-state index in [0.717, 1.165) is 0 Å². The van der Waals surface area contributed by atoms with E-state index < -0.39 is 0 Å². The lowest BCUT2D eigenvalue weighted by Gasteiger charge is -2.10. The van der Waals surface area contributed by atoms with Crippen molar-refractivity contribution in [3.05, 3.63) is 30.3 Å². The number of hydrogen-bond acceptors (Lipinski definition) is 6. The largest absolute Gasteiger partial charge is 0.355 e. The van der Waals surface area contributed by atoms with Crippen LogP contribution in [0, 0.1) is 5.92 Å². The maximum Gasteiger partial charge on any atom is 0.228 e. The Labute approximate surface area is 132 Å². The van der Waals surface area contributed by atoms with Crippen LogP contribution in [0.4, 0.5) is 0 Å². The van der Waals surface area contributed by atoms with Crippen molar-refractivity contribution in [2.75, 3.05) is 20.1 Å². The monoisotopic (exact) mass is 315 g/mol. The van der Waals surface area contributed by atoms with Crippen LogP contribution in [-0.4, -0.2) is 52.0 Å². The third-order valence-corrected chi connectivity index (χ3v) is 3.71. The third kappa shape index (κ3) is 3.53. The van der Waals surface area contributed by atoms with Crippen LogP contribution < -0.4 is 5.32 Å². The lowest BCUT2D eigenvalue weighted by atomic mass is 10.1. The molecule has 2 aromatic heterocycles. The number of hydrogen-bond donors (Lipinski definition) is 1. The number of rotatable bonds is 5. The molecule has 8 heteroatoms. The summed E-state index contributed by atoms with van der Waals surface area (Å²) >= 11 is 0. The average Bonchev–Trinajstić information content (AvgIpc) is 3.16. The van der Waals surface area contributed by atoms with Crippen LogP contribution in [0.15, 0.2) is 28.9 Å². The summed E-state index contributed by atoms with van der Waals surface area (Å²) in [5, 5.41) is 6.67. The molecule has 1 atom stereocenters. The standard InChI is InChI=1S/C15H17N5O3/c1-20-9-10(8-13(20)21)15(22)17-7-5-12-18-14(19-23-12)11-4-2-3-6-16-11/h2-4,6,10H,5,7-9H2,1H3,(H,17,22)/t10-/m0/s1. The molecule has 2 amide bonds. The van der Waals surface area contributed by atoms with E-state index in [1.807, 2.05) is 12.1 Å². The zero-order chi connectivity index (χ0) is 16.2. The van der Waals surface area contributed by atoms with Crippen molar-refractivity contribution in [3.8, 4) is 11.5 Å². The number of likely N-dealkylation sites (tertiary alicyclic amines) is 1. The quantitative estimate of drug-likeness (QED) is 0.850. The van der Waals surface area contributed by atoms with Gasteiger partial charge in [0.05, 0.1) is 5.92 Å². The zero-order valence-electron chi connectivity index (χ0n) is 12.7. The first kappa shape index (κ1) is 15.1. The SMILES string of the molecule is CN1C[C@@H](C(=O)NCCc2nc(-c3ccccn3)no2)CC1=O. The van der Waals surface area contributed by atoms with Crippen molar-refractivity contribution < 1.29 is 14.1 Å². The highest BCUT2D eigenvalue weighted by Gasteiger charge is 2.31. The second kappa shape index (κ2) is 6.55. The number of aromatic nitrogens is 3. The molecule has 23 heavy (non-hydrogen) atoms. The minimum absolute atomic E-state index is 0.00190. The van der Waals surface area contributed by atoms with Crippen molar-refractivity contribution >= 4 is 11.8 Å². The van der Waals surface area contributed by atoms with E-state index in [-0.39, 0.29) is 24.2 Å². The lowest BCUT2D eigenvalue weighted by molar-refractivity contribution is -0.128. The molecule has 1 saturated heterocycles. The van der Waals surface area contributed by atoms with Crippen LogP contribution in [0.3, 0.4) is 0 Å². The fourth-order valence-electron chi connectivity index (χ4n) is 2.43. The summed E-state index contributed by atoms with van der Waals surface area (Å²) in [7, 11) is 1.70. The molecule has 1 N–H and O–H groups in total. The van der Waals surface area contributed by atoms with Gasteiger partial charge in [-0.2, -0.15) is 4.98 Å². The Kier molecular flexibility index (Phi) is 4.31. The van der Waals surface area contributed by atoms with Gasteiger partial charge in [0.1, 0.15) is 5.69 Å². The molecule has 0 spiro atoms. The molecular formula is C15H17N5O3. The van der Waals surface area contributed by atoms with Crippen LogP contribution in [0.2, 0.25) is 0 Å². The molecule has 3 heterocycles. The molecule has 3 rings (SSSR count). The van der Waals surface area contributed by atoms with Gasteiger partial charge in [-0.25, -0.2) is 0 Å². The Morgan fingerprint density at radius 2 is 2.35 bits per heavy atom. The summed E-state index contributed by atoms with van der Waals surface area (Å²) in [4.78, 5) is 33.4. The normalized spacial score (nSPS) is 17.5. The van der Waals surface area contributed by atoms with E-state index >= 15 is 0 Å². The molecule has 1 aliphatic rings. The van der Waals surface area contributed by atoms with Gasteiger partial charge in [0.15, 0.2) is 0 Å². The van der Waals surface area contributed by atoms with Crippen LogP contribution in [0.25, 0.3) is 11.5 Å². The Morgan fingerprint density at radius 3 is 3.04 bits per heavy atom. The van der Waals surface area contributed by atoms with Gasteiger partial charge in [-0.3, -0.25) is 14.6 Å². The number of pyridine rings is 1.